The summed E-state index contributed by atoms with van der Waals surface area (Å²) < 4.78 is 1.73. The van der Waals surface area contributed by atoms with Crippen LogP contribution in [0.2, 0.25) is 0 Å². The molecule has 0 bridgehead atoms. The van der Waals surface area contributed by atoms with Crippen molar-refractivity contribution >= 4 is 17.3 Å². The predicted molar refractivity (Wildman–Crippen MR) is 98.3 cm³/mol. The minimum Gasteiger partial charge on any atom is -0.347 e. The second-order valence-corrected chi connectivity index (χ2v) is 7.29. The van der Waals surface area contributed by atoms with Gasteiger partial charge in [0.05, 0.1) is 5.52 Å². The highest BCUT2D eigenvalue weighted by Crippen LogP contribution is 2.20. The number of likely N-dealkylation sites (N-methyl/N-ethyl adjacent to an activating group) is 1. The molecule has 2 amide bonds. The van der Waals surface area contributed by atoms with E-state index >= 15 is 0 Å². The van der Waals surface area contributed by atoms with Gasteiger partial charge < -0.3 is 15.1 Å². The molecule has 0 atom stereocenters. The van der Waals surface area contributed by atoms with Gasteiger partial charge in [-0.2, -0.15) is 0 Å². The Morgan fingerprint density at radius 2 is 1.85 bits per heavy atom. The van der Waals surface area contributed by atoms with Crippen molar-refractivity contribution in [2.24, 2.45) is 0 Å². The lowest BCUT2D eigenvalue weighted by Gasteiger charge is -2.32. The number of aromatic nitrogens is 2. The highest BCUT2D eigenvalue weighted by molar-refractivity contribution is 6.02. The standard InChI is InChI=1S/C19H25N5O2/c1-22-10-12-23(13-11-22)19(26)16-15-8-4-5-9-24(15)17(21-16)18(25)20-14-6-2-3-7-14/h4-5,8-9,14H,2-3,6-7,10-13H2,1H3,(H,20,25). The molecule has 7 heteroatoms. The highest BCUT2D eigenvalue weighted by Gasteiger charge is 2.28. The van der Waals surface area contributed by atoms with Gasteiger partial charge in [-0.25, -0.2) is 4.98 Å². The molecule has 138 valence electrons. The summed E-state index contributed by atoms with van der Waals surface area (Å²) in [7, 11) is 2.05. The number of pyridine rings is 1. The van der Waals surface area contributed by atoms with Gasteiger partial charge in [-0.3, -0.25) is 14.0 Å². The molecular formula is C19H25N5O2. The van der Waals surface area contributed by atoms with Gasteiger partial charge in [-0.1, -0.05) is 18.9 Å². The van der Waals surface area contributed by atoms with Gasteiger partial charge in [0.2, 0.25) is 5.82 Å². The number of hydrogen-bond donors (Lipinski definition) is 1. The number of hydrogen-bond acceptors (Lipinski definition) is 4. The Balaban J connectivity index is 1.63. The number of carbonyl (C=O) groups excluding carboxylic acids is 2. The zero-order chi connectivity index (χ0) is 18.1. The number of amides is 2. The summed E-state index contributed by atoms with van der Waals surface area (Å²) in [5.74, 6) is 0.00206. The second-order valence-electron chi connectivity index (χ2n) is 7.29. The van der Waals surface area contributed by atoms with Gasteiger partial charge in [0.25, 0.3) is 11.8 Å². The van der Waals surface area contributed by atoms with Gasteiger partial charge >= 0.3 is 0 Å². The zero-order valence-corrected chi connectivity index (χ0v) is 15.1. The van der Waals surface area contributed by atoms with Crippen LogP contribution in [0.4, 0.5) is 0 Å². The first kappa shape index (κ1) is 17.0. The molecule has 2 aromatic heterocycles. The van der Waals surface area contributed by atoms with Crippen molar-refractivity contribution < 1.29 is 9.59 Å². The van der Waals surface area contributed by atoms with Crippen molar-refractivity contribution in [3.8, 4) is 0 Å². The van der Waals surface area contributed by atoms with Gasteiger partial charge in [0.1, 0.15) is 0 Å². The Labute approximate surface area is 153 Å². The molecule has 1 aliphatic heterocycles. The van der Waals surface area contributed by atoms with E-state index in [0.29, 0.717) is 30.1 Å². The summed E-state index contributed by atoms with van der Waals surface area (Å²) in [6.07, 6.45) is 6.14. The van der Waals surface area contributed by atoms with Crippen LogP contribution in [-0.4, -0.2) is 70.3 Å². The van der Waals surface area contributed by atoms with Crippen LogP contribution >= 0.6 is 0 Å². The fourth-order valence-electron chi connectivity index (χ4n) is 3.83. The summed E-state index contributed by atoms with van der Waals surface area (Å²) in [5, 5.41) is 3.07. The lowest BCUT2D eigenvalue weighted by Crippen LogP contribution is -2.47. The third-order valence-corrected chi connectivity index (χ3v) is 5.43. The highest BCUT2D eigenvalue weighted by atomic mass is 16.2. The molecule has 4 rings (SSSR count). The van der Waals surface area contributed by atoms with E-state index in [9.17, 15) is 9.59 Å². The van der Waals surface area contributed by atoms with Crippen LogP contribution in [0.1, 0.15) is 46.8 Å². The molecule has 1 aliphatic carbocycles. The van der Waals surface area contributed by atoms with Crippen molar-refractivity contribution in [3.63, 3.8) is 0 Å². The molecule has 7 nitrogen and oxygen atoms in total. The average Bonchev–Trinajstić information content (AvgIpc) is 3.29. The van der Waals surface area contributed by atoms with Gasteiger partial charge in [-0.05, 0) is 32.0 Å². The van der Waals surface area contributed by atoms with E-state index in [-0.39, 0.29) is 17.9 Å². The first-order valence-electron chi connectivity index (χ1n) is 9.39. The van der Waals surface area contributed by atoms with E-state index < -0.39 is 0 Å². The maximum absolute atomic E-state index is 13.0. The molecule has 1 saturated heterocycles. The number of carbonyl (C=O) groups is 2. The van der Waals surface area contributed by atoms with Crippen LogP contribution in [0.25, 0.3) is 5.52 Å². The van der Waals surface area contributed by atoms with E-state index in [1.54, 1.807) is 10.6 Å². The normalized spacial score (nSPS) is 19.2. The van der Waals surface area contributed by atoms with E-state index in [0.717, 1.165) is 38.8 Å². The van der Waals surface area contributed by atoms with Crippen molar-refractivity contribution in [2.75, 3.05) is 33.2 Å². The third kappa shape index (κ3) is 3.19. The number of rotatable bonds is 3. The summed E-state index contributed by atoms with van der Waals surface area (Å²) in [6.45, 7) is 3.08. The maximum atomic E-state index is 13.0. The molecule has 26 heavy (non-hydrogen) atoms. The maximum Gasteiger partial charge on any atom is 0.287 e. The van der Waals surface area contributed by atoms with Crippen LogP contribution in [0.5, 0.6) is 0 Å². The van der Waals surface area contributed by atoms with Gasteiger partial charge in [0, 0.05) is 38.4 Å². The summed E-state index contributed by atoms with van der Waals surface area (Å²) in [6, 6.07) is 5.79. The predicted octanol–water partition coefficient (Wildman–Crippen LogP) is 1.39. The summed E-state index contributed by atoms with van der Waals surface area (Å²) in [5.41, 5.74) is 1.06. The molecule has 3 heterocycles. The largest absolute Gasteiger partial charge is 0.347 e. The summed E-state index contributed by atoms with van der Waals surface area (Å²) in [4.78, 5) is 34.2. The number of nitrogens with one attached hydrogen (secondary N) is 1. The fraction of sp³-hybridized carbons (Fsp3) is 0.526. The monoisotopic (exact) mass is 355 g/mol. The van der Waals surface area contributed by atoms with Crippen molar-refractivity contribution in [2.45, 2.75) is 31.7 Å². The Hall–Kier alpha value is -2.41. The molecule has 0 unspecified atom stereocenters. The van der Waals surface area contributed by atoms with Crippen LogP contribution in [0.15, 0.2) is 24.4 Å². The molecule has 1 N–H and O–H groups in total. The van der Waals surface area contributed by atoms with E-state index in [2.05, 4.69) is 22.2 Å². The lowest BCUT2D eigenvalue weighted by molar-refractivity contribution is 0.0661. The topological polar surface area (TPSA) is 69.9 Å². The van der Waals surface area contributed by atoms with E-state index in [1.807, 2.05) is 23.1 Å². The Bertz CT molecular complexity index is 816. The third-order valence-electron chi connectivity index (χ3n) is 5.43. The Morgan fingerprint density at radius 1 is 1.12 bits per heavy atom. The van der Waals surface area contributed by atoms with Gasteiger partial charge in [-0.15, -0.1) is 0 Å². The molecule has 2 aromatic rings. The smallest absolute Gasteiger partial charge is 0.287 e. The molecule has 0 radical (unpaired) electrons. The minimum atomic E-state index is -0.199. The average molecular weight is 355 g/mol. The fourth-order valence-corrected chi connectivity index (χ4v) is 3.83. The number of nitrogens with zero attached hydrogens (tertiary/aromatic N) is 4. The van der Waals surface area contributed by atoms with Crippen molar-refractivity contribution in [3.05, 3.63) is 35.9 Å². The molecule has 0 aromatic carbocycles. The van der Waals surface area contributed by atoms with Crippen molar-refractivity contribution in [1.29, 1.82) is 0 Å². The summed E-state index contributed by atoms with van der Waals surface area (Å²) >= 11 is 0. The number of fused-ring (bicyclic) bond motifs is 1. The minimum absolute atomic E-state index is 0.0956. The lowest BCUT2D eigenvalue weighted by atomic mass is 10.2. The van der Waals surface area contributed by atoms with E-state index in [1.165, 1.54) is 0 Å². The van der Waals surface area contributed by atoms with Gasteiger partial charge in [0.15, 0.2) is 5.69 Å². The van der Waals surface area contributed by atoms with Crippen LogP contribution in [0, 0.1) is 0 Å². The Kier molecular flexibility index (Phi) is 4.63. The first-order valence-corrected chi connectivity index (χ1v) is 9.39. The molecule has 2 fully saturated rings. The quantitative estimate of drug-likeness (QED) is 0.903. The molecule has 1 saturated carbocycles. The second kappa shape index (κ2) is 7.07. The number of piperazine rings is 1. The van der Waals surface area contributed by atoms with Crippen LogP contribution in [0.3, 0.4) is 0 Å². The zero-order valence-electron chi connectivity index (χ0n) is 15.1. The van der Waals surface area contributed by atoms with Crippen LogP contribution < -0.4 is 5.32 Å². The SMILES string of the molecule is CN1CCN(C(=O)c2nc(C(=O)NC3CCCC3)n3ccccc23)CC1. The molecule has 2 aliphatic rings. The Morgan fingerprint density at radius 3 is 2.58 bits per heavy atom. The van der Waals surface area contributed by atoms with Crippen molar-refractivity contribution in [1.82, 2.24) is 24.5 Å². The van der Waals surface area contributed by atoms with E-state index in [4.69, 9.17) is 0 Å². The van der Waals surface area contributed by atoms with Crippen LogP contribution in [-0.2, 0) is 0 Å². The number of imidazole rings is 1. The molecule has 0 spiro atoms. The first-order chi connectivity index (χ1) is 12.6. The molecular weight excluding hydrogens is 330 g/mol.